The fourth-order valence-electron chi connectivity index (χ4n) is 3.95. The highest BCUT2D eigenvalue weighted by Gasteiger charge is 2.15. The molecule has 1 fully saturated rings. The number of hydrogen-bond acceptors (Lipinski definition) is 8. The van der Waals surface area contributed by atoms with Crippen LogP contribution < -0.4 is 11.1 Å². The summed E-state index contributed by atoms with van der Waals surface area (Å²) in [4.78, 5) is 11.5. The molecule has 3 heterocycles. The highest BCUT2D eigenvalue weighted by Crippen LogP contribution is 2.31. The number of rotatable bonds is 7. The van der Waals surface area contributed by atoms with Gasteiger partial charge in [0.05, 0.1) is 34.5 Å². The number of nitrogens with one attached hydrogen (secondary N) is 1. The van der Waals surface area contributed by atoms with Gasteiger partial charge < -0.3 is 30.4 Å². The zero-order valence-corrected chi connectivity index (χ0v) is 20.9. The molecule has 0 saturated carbocycles. The molecule has 1 aliphatic rings. The maximum absolute atomic E-state index is 8.61. The summed E-state index contributed by atoms with van der Waals surface area (Å²) in [6.45, 7) is 4.53. The van der Waals surface area contributed by atoms with Crippen molar-refractivity contribution in [2.45, 2.75) is 25.4 Å². The second-order valence-electron chi connectivity index (χ2n) is 8.23. The van der Waals surface area contributed by atoms with Crippen LogP contribution in [0.2, 0.25) is 5.02 Å². The average molecular weight is 503 g/mol. The lowest BCUT2D eigenvalue weighted by molar-refractivity contribution is 0.165. The third-order valence-electron chi connectivity index (χ3n) is 5.79. The van der Waals surface area contributed by atoms with E-state index in [2.05, 4.69) is 30.8 Å². The Hall–Kier alpha value is -2.27. The van der Waals surface area contributed by atoms with E-state index in [9.17, 15) is 0 Å². The number of imidazole rings is 1. The minimum absolute atomic E-state index is 0.273. The standard InChI is InChI=1S/C17H15ClN4OS.C7H16N2O/c1-23-9-8-22-14-5-3-2-4-12(14)19-16(22)21-17-20-13-7-6-11(18)10-15(13)24-17;8-7-1-3-9(4-2-7)5-6-10/h2-7,10H,8-9H2,1H3,(H,19,20,21);7,10H,1-6,8H2. The lowest BCUT2D eigenvalue weighted by atomic mass is 10.1. The molecule has 1 saturated heterocycles. The summed E-state index contributed by atoms with van der Waals surface area (Å²) in [5.41, 5.74) is 8.64. The van der Waals surface area contributed by atoms with Crippen molar-refractivity contribution < 1.29 is 9.84 Å². The lowest BCUT2D eigenvalue weighted by Crippen LogP contribution is -2.40. The number of hydrogen-bond donors (Lipinski definition) is 3. The van der Waals surface area contributed by atoms with Crippen LogP contribution in [0.1, 0.15) is 12.8 Å². The smallest absolute Gasteiger partial charge is 0.210 e. The number of fused-ring (bicyclic) bond motifs is 2. The van der Waals surface area contributed by atoms with Gasteiger partial charge in [0.15, 0.2) is 5.13 Å². The molecule has 4 aromatic rings. The molecule has 4 N–H and O–H groups in total. The van der Waals surface area contributed by atoms with Crippen LogP contribution in [0, 0.1) is 0 Å². The highest BCUT2D eigenvalue weighted by atomic mass is 35.5. The van der Waals surface area contributed by atoms with Crippen molar-refractivity contribution in [2.75, 3.05) is 45.3 Å². The van der Waals surface area contributed by atoms with Crippen molar-refractivity contribution in [3.8, 4) is 0 Å². The van der Waals surface area contributed by atoms with Crippen LogP contribution in [-0.2, 0) is 11.3 Å². The number of thiazole rings is 1. The van der Waals surface area contributed by atoms with E-state index in [0.29, 0.717) is 17.7 Å². The summed E-state index contributed by atoms with van der Waals surface area (Å²) in [6.07, 6.45) is 2.17. The zero-order chi connectivity index (χ0) is 23.9. The number of para-hydroxylation sites is 2. The molecule has 2 aromatic heterocycles. The molecule has 0 spiro atoms. The number of aliphatic hydroxyl groups excluding tert-OH is 1. The molecule has 0 atom stereocenters. The van der Waals surface area contributed by atoms with E-state index < -0.39 is 0 Å². The topological polar surface area (TPSA) is 101 Å². The monoisotopic (exact) mass is 502 g/mol. The normalized spacial score (nSPS) is 14.9. The van der Waals surface area contributed by atoms with Crippen LogP contribution in [0.15, 0.2) is 42.5 Å². The summed E-state index contributed by atoms with van der Waals surface area (Å²) < 4.78 is 8.38. The minimum Gasteiger partial charge on any atom is -0.395 e. The van der Waals surface area contributed by atoms with Gasteiger partial charge in [0, 0.05) is 31.3 Å². The molecular formula is C24H31ClN6O2S. The fourth-order valence-corrected chi connectivity index (χ4v) is 5.08. The number of aliphatic hydroxyl groups is 1. The molecule has 5 rings (SSSR count). The van der Waals surface area contributed by atoms with Gasteiger partial charge >= 0.3 is 0 Å². The number of anilines is 2. The molecule has 1 aliphatic heterocycles. The number of likely N-dealkylation sites (tertiary alicyclic amines) is 1. The maximum Gasteiger partial charge on any atom is 0.210 e. The van der Waals surface area contributed by atoms with Crippen molar-refractivity contribution in [3.05, 3.63) is 47.5 Å². The Labute approximate surface area is 208 Å². The Morgan fingerprint density at radius 3 is 2.71 bits per heavy atom. The van der Waals surface area contributed by atoms with E-state index in [4.69, 9.17) is 27.2 Å². The Balaban J connectivity index is 0.000000231. The predicted octanol–water partition coefficient (Wildman–Crippen LogP) is 4.09. The summed E-state index contributed by atoms with van der Waals surface area (Å²) in [5, 5.41) is 13.5. The number of nitrogens with two attached hydrogens (primary N) is 1. The van der Waals surface area contributed by atoms with Gasteiger partial charge in [-0.05, 0) is 56.3 Å². The Morgan fingerprint density at radius 2 is 1.94 bits per heavy atom. The van der Waals surface area contributed by atoms with Gasteiger partial charge in [0.25, 0.3) is 0 Å². The van der Waals surface area contributed by atoms with Crippen LogP contribution in [0.25, 0.3) is 21.3 Å². The molecular weight excluding hydrogens is 472 g/mol. The van der Waals surface area contributed by atoms with Gasteiger partial charge in [-0.3, -0.25) is 0 Å². The second kappa shape index (κ2) is 11.9. The number of ether oxygens (including phenoxy) is 1. The van der Waals surface area contributed by atoms with Gasteiger partial charge in [-0.1, -0.05) is 35.1 Å². The number of nitrogens with zero attached hydrogens (tertiary/aromatic N) is 4. The molecule has 0 bridgehead atoms. The molecule has 0 unspecified atom stereocenters. The van der Waals surface area contributed by atoms with Crippen molar-refractivity contribution in [2.24, 2.45) is 5.73 Å². The fraction of sp³-hybridized carbons (Fsp3) is 0.417. The van der Waals surface area contributed by atoms with Crippen LogP contribution in [0.3, 0.4) is 0 Å². The molecule has 0 amide bonds. The van der Waals surface area contributed by atoms with E-state index in [1.165, 1.54) is 0 Å². The summed E-state index contributed by atoms with van der Waals surface area (Å²) in [6, 6.07) is 14.1. The van der Waals surface area contributed by atoms with Gasteiger partial charge in [0.1, 0.15) is 0 Å². The first-order valence-corrected chi connectivity index (χ1v) is 12.6. The molecule has 0 aliphatic carbocycles. The molecule has 182 valence electrons. The minimum atomic E-state index is 0.273. The Kier molecular flexibility index (Phi) is 8.71. The summed E-state index contributed by atoms with van der Waals surface area (Å²) in [7, 11) is 1.70. The molecule has 0 radical (unpaired) electrons. The first-order chi connectivity index (χ1) is 16.6. The Morgan fingerprint density at radius 1 is 1.15 bits per heavy atom. The molecule has 10 heteroatoms. The second-order valence-corrected chi connectivity index (χ2v) is 9.69. The van der Waals surface area contributed by atoms with Crippen molar-refractivity contribution in [3.63, 3.8) is 0 Å². The van der Waals surface area contributed by atoms with E-state index in [1.807, 2.05) is 36.4 Å². The number of piperidine rings is 1. The number of halogens is 1. The quantitative estimate of drug-likeness (QED) is 0.350. The average Bonchev–Trinajstić information content (AvgIpc) is 3.39. The third kappa shape index (κ3) is 6.24. The van der Waals surface area contributed by atoms with Gasteiger partial charge in [-0.2, -0.15) is 0 Å². The maximum atomic E-state index is 8.61. The van der Waals surface area contributed by atoms with Crippen LogP contribution in [-0.4, -0.2) is 70.5 Å². The predicted molar refractivity (Wildman–Crippen MR) is 140 cm³/mol. The van der Waals surface area contributed by atoms with E-state index >= 15 is 0 Å². The number of aromatic nitrogens is 3. The first-order valence-electron chi connectivity index (χ1n) is 11.4. The van der Waals surface area contributed by atoms with E-state index in [0.717, 1.165) is 71.4 Å². The lowest BCUT2D eigenvalue weighted by Gasteiger charge is -2.29. The Bertz CT molecular complexity index is 1200. The van der Waals surface area contributed by atoms with Crippen molar-refractivity contribution >= 4 is 55.3 Å². The van der Waals surface area contributed by atoms with E-state index in [1.54, 1.807) is 18.4 Å². The SMILES string of the molecule is COCCn1c(Nc2nc3ccc(Cl)cc3s2)nc2ccccc21.NC1CCN(CCO)CC1. The zero-order valence-electron chi connectivity index (χ0n) is 19.3. The van der Waals surface area contributed by atoms with Crippen LogP contribution >= 0.6 is 22.9 Å². The third-order valence-corrected chi connectivity index (χ3v) is 6.96. The largest absolute Gasteiger partial charge is 0.395 e. The van der Waals surface area contributed by atoms with Crippen LogP contribution in [0.5, 0.6) is 0 Å². The number of benzene rings is 2. The number of β-amino-alcohol motifs (C(OH)–C–C–N with tert-alkyl or cyclic N) is 1. The van der Waals surface area contributed by atoms with Crippen molar-refractivity contribution in [1.82, 2.24) is 19.4 Å². The molecule has 34 heavy (non-hydrogen) atoms. The van der Waals surface area contributed by atoms with Gasteiger partial charge in [-0.25, -0.2) is 9.97 Å². The summed E-state index contributed by atoms with van der Waals surface area (Å²) in [5.74, 6) is 0.762. The van der Waals surface area contributed by atoms with Gasteiger partial charge in [0.2, 0.25) is 5.95 Å². The van der Waals surface area contributed by atoms with Crippen molar-refractivity contribution in [1.29, 1.82) is 0 Å². The van der Waals surface area contributed by atoms with Gasteiger partial charge in [-0.15, -0.1) is 0 Å². The highest BCUT2D eigenvalue weighted by molar-refractivity contribution is 7.22. The molecule has 8 nitrogen and oxygen atoms in total. The van der Waals surface area contributed by atoms with E-state index in [-0.39, 0.29) is 6.61 Å². The molecule has 2 aromatic carbocycles. The summed E-state index contributed by atoms with van der Waals surface area (Å²) >= 11 is 7.61. The van der Waals surface area contributed by atoms with Crippen LogP contribution in [0.4, 0.5) is 11.1 Å². The first kappa shape index (κ1) is 24.8. The number of methoxy groups -OCH3 is 1.